The van der Waals surface area contributed by atoms with Gasteiger partial charge in [-0.25, -0.2) is 0 Å². The zero-order valence-corrected chi connectivity index (χ0v) is 12.3. The molecule has 0 bridgehead atoms. The molecule has 0 heterocycles. The predicted octanol–water partition coefficient (Wildman–Crippen LogP) is 2.19. The number of ketones is 2. The fourth-order valence-corrected chi connectivity index (χ4v) is 2.57. The molecule has 5 nitrogen and oxygen atoms in total. The van der Waals surface area contributed by atoms with Crippen molar-refractivity contribution in [3.63, 3.8) is 0 Å². The molecule has 1 aliphatic rings. The van der Waals surface area contributed by atoms with Crippen molar-refractivity contribution in [3.8, 4) is 0 Å². The molecule has 0 spiro atoms. The molecular weight excluding hydrogens is 246 g/mol. The molecule has 1 N–H and O–H groups in total. The van der Waals surface area contributed by atoms with Gasteiger partial charge in [0.05, 0.1) is 18.2 Å². The van der Waals surface area contributed by atoms with Gasteiger partial charge >= 0.3 is 0 Å². The minimum absolute atomic E-state index is 0.185. The monoisotopic (exact) mass is 267 g/mol. The Kier molecular flexibility index (Phi) is 4.18. The fourth-order valence-electron chi connectivity index (χ4n) is 2.57. The number of hydrogen-bond donors (Lipinski definition) is 1. The largest absolute Gasteiger partial charge is 0.500 e. The van der Waals surface area contributed by atoms with Crippen LogP contribution in [0.1, 0.15) is 34.6 Å². The Hall–Kier alpha value is -1.65. The van der Waals surface area contributed by atoms with E-state index < -0.39 is 11.3 Å². The van der Waals surface area contributed by atoms with E-state index in [1.165, 1.54) is 7.11 Å². The van der Waals surface area contributed by atoms with E-state index >= 15 is 0 Å². The highest BCUT2D eigenvalue weighted by Gasteiger charge is 2.50. The number of carbonyl (C=O) groups is 2. The number of ether oxygens (including phenoxy) is 1. The van der Waals surface area contributed by atoms with E-state index in [4.69, 9.17) is 9.94 Å². The summed E-state index contributed by atoms with van der Waals surface area (Å²) in [5.41, 5.74) is -0.279. The van der Waals surface area contributed by atoms with Crippen molar-refractivity contribution < 1.29 is 19.5 Å². The SMILES string of the molecule is COC1=C(C)C(=O)C(/C(=N/O)C(C)C)C(=O)C1(C)C. The maximum Gasteiger partial charge on any atom is 0.178 e. The first kappa shape index (κ1) is 15.4. The van der Waals surface area contributed by atoms with E-state index in [1.54, 1.807) is 34.6 Å². The van der Waals surface area contributed by atoms with Gasteiger partial charge in [0.15, 0.2) is 11.6 Å². The van der Waals surface area contributed by atoms with Crippen molar-refractivity contribution in [2.75, 3.05) is 7.11 Å². The van der Waals surface area contributed by atoms with Crippen LogP contribution in [0.5, 0.6) is 0 Å². The molecule has 1 rings (SSSR count). The Morgan fingerprint density at radius 2 is 1.89 bits per heavy atom. The number of nitrogens with zero attached hydrogens (tertiary/aromatic N) is 1. The van der Waals surface area contributed by atoms with E-state index in [-0.39, 0.29) is 23.2 Å². The number of methoxy groups -OCH3 is 1. The Morgan fingerprint density at radius 3 is 2.26 bits per heavy atom. The van der Waals surface area contributed by atoms with Crippen molar-refractivity contribution >= 4 is 17.3 Å². The molecule has 0 aromatic carbocycles. The average molecular weight is 267 g/mol. The topological polar surface area (TPSA) is 76.0 Å². The summed E-state index contributed by atoms with van der Waals surface area (Å²) < 4.78 is 5.22. The van der Waals surface area contributed by atoms with Crippen LogP contribution in [0.2, 0.25) is 0 Å². The molecule has 1 unspecified atom stereocenters. The first-order chi connectivity index (χ1) is 8.69. The standard InChI is InChI=1S/C14H21NO4/c1-7(2)10(15-18)9-11(16)8(3)13(19-6)14(4,5)12(9)17/h7,9,18H,1-6H3/b15-10+. The van der Waals surface area contributed by atoms with Gasteiger partial charge in [0, 0.05) is 5.57 Å². The zero-order valence-electron chi connectivity index (χ0n) is 12.3. The van der Waals surface area contributed by atoms with Gasteiger partial charge < -0.3 is 9.94 Å². The maximum absolute atomic E-state index is 12.6. The molecule has 0 radical (unpaired) electrons. The summed E-state index contributed by atoms with van der Waals surface area (Å²) in [6, 6.07) is 0. The van der Waals surface area contributed by atoms with Gasteiger partial charge in [-0.2, -0.15) is 0 Å². The van der Waals surface area contributed by atoms with Crippen LogP contribution in [0.25, 0.3) is 0 Å². The van der Waals surface area contributed by atoms with Crippen molar-refractivity contribution in [3.05, 3.63) is 11.3 Å². The Labute approximate surface area is 113 Å². The number of Topliss-reactive ketones (excluding diaryl/α,β-unsaturated/α-hetero) is 2. The summed E-state index contributed by atoms with van der Waals surface area (Å²) in [5, 5.41) is 12.3. The highest BCUT2D eigenvalue weighted by Crippen LogP contribution is 2.40. The minimum atomic E-state index is -1.01. The summed E-state index contributed by atoms with van der Waals surface area (Å²) >= 11 is 0. The molecule has 1 aliphatic carbocycles. The van der Waals surface area contributed by atoms with Crippen molar-refractivity contribution in [2.24, 2.45) is 22.4 Å². The zero-order chi connectivity index (χ0) is 15.0. The average Bonchev–Trinajstić information content (AvgIpc) is 2.32. The van der Waals surface area contributed by atoms with Crippen LogP contribution in [-0.4, -0.2) is 29.6 Å². The van der Waals surface area contributed by atoms with Crippen LogP contribution in [0, 0.1) is 17.3 Å². The second kappa shape index (κ2) is 5.15. The normalized spacial score (nSPS) is 24.2. The smallest absolute Gasteiger partial charge is 0.178 e. The lowest BCUT2D eigenvalue weighted by atomic mass is 9.68. The summed E-state index contributed by atoms with van der Waals surface area (Å²) in [7, 11) is 1.45. The molecule has 0 aromatic rings. The highest BCUT2D eigenvalue weighted by atomic mass is 16.5. The van der Waals surface area contributed by atoms with Crippen LogP contribution in [0.3, 0.4) is 0 Å². The number of carbonyl (C=O) groups excluding carboxylic acids is 2. The number of hydrogen-bond acceptors (Lipinski definition) is 5. The van der Waals surface area contributed by atoms with Gasteiger partial charge in [-0.15, -0.1) is 0 Å². The minimum Gasteiger partial charge on any atom is -0.500 e. The van der Waals surface area contributed by atoms with Gasteiger partial charge in [-0.1, -0.05) is 19.0 Å². The van der Waals surface area contributed by atoms with Crippen LogP contribution < -0.4 is 0 Å². The molecule has 5 heteroatoms. The molecule has 0 fully saturated rings. The first-order valence-electron chi connectivity index (χ1n) is 6.25. The van der Waals surface area contributed by atoms with Crippen molar-refractivity contribution in [2.45, 2.75) is 34.6 Å². The highest BCUT2D eigenvalue weighted by molar-refractivity contribution is 6.28. The summed E-state index contributed by atoms with van der Waals surface area (Å²) in [5.74, 6) is -1.45. The first-order valence-corrected chi connectivity index (χ1v) is 6.25. The number of oxime groups is 1. The third-order valence-electron chi connectivity index (χ3n) is 3.63. The van der Waals surface area contributed by atoms with Crippen LogP contribution in [0.4, 0.5) is 0 Å². The lowest BCUT2D eigenvalue weighted by molar-refractivity contribution is -0.136. The summed E-state index contributed by atoms with van der Waals surface area (Å²) in [6.45, 7) is 8.64. The number of allylic oxidation sites excluding steroid dienone is 2. The molecule has 0 aliphatic heterocycles. The maximum atomic E-state index is 12.6. The second-order valence-corrected chi connectivity index (χ2v) is 5.62. The fraction of sp³-hybridized carbons (Fsp3) is 0.643. The molecule has 0 aromatic heterocycles. The Balaban J connectivity index is 3.45. The Morgan fingerprint density at radius 1 is 1.37 bits per heavy atom. The quantitative estimate of drug-likeness (QED) is 0.368. The summed E-state index contributed by atoms with van der Waals surface area (Å²) in [6.07, 6.45) is 0. The van der Waals surface area contributed by atoms with Gasteiger partial charge in [0.2, 0.25) is 0 Å². The van der Waals surface area contributed by atoms with E-state index in [0.717, 1.165) is 0 Å². The van der Waals surface area contributed by atoms with Gasteiger partial charge in [-0.3, -0.25) is 9.59 Å². The Bertz CT molecular complexity index is 472. The van der Waals surface area contributed by atoms with Gasteiger partial charge in [0.1, 0.15) is 11.7 Å². The van der Waals surface area contributed by atoms with Gasteiger partial charge in [0.25, 0.3) is 0 Å². The van der Waals surface area contributed by atoms with Crippen LogP contribution in [0.15, 0.2) is 16.5 Å². The van der Waals surface area contributed by atoms with Crippen LogP contribution >= 0.6 is 0 Å². The third-order valence-corrected chi connectivity index (χ3v) is 3.63. The molecule has 0 saturated carbocycles. The van der Waals surface area contributed by atoms with Crippen molar-refractivity contribution in [1.29, 1.82) is 0 Å². The molecule has 0 saturated heterocycles. The summed E-state index contributed by atoms with van der Waals surface area (Å²) in [4.78, 5) is 24.9. The molecule has 0 amide bonds. The van der Waals surface area contributed by atoms with Gasteiger partial charge in [-0.05, 0) is 26.7 Å². The predicted molar refractivity (Wildman–Crippen MR) is 71.1 cm³/mol. The van der Waals surface area contributed by atoms with E-state index in [9.17, 15) is 9.59 Å². The molecule has 106 valence electrons. The van der Waals surface area contributed by atoms with E-state index in [1.807, 2.05) is 0 Å². The lowest BCUT2D eigenvalue weighted by Gasteiger charge is -2.35. The van der Waals surface area contributed by atoms with E-state index in [0.29, 0.717) is 11.3 Å². The third kappa shape index (κ3) is 2.29. The molecular formula is C14H21NO4. The lowest BCUT2D eigenvalue weighted by Crippen LogP contribution is -2.47. The molecule has 19 heavy (non-hydrogen) atoms. The second-order valence-electron chi connectivity index (χ2n) is 5.62. The van der Waals surface area contributed by atoms with Crippen LogP contribution in [-0.2, 0) is 14.3 Å². The van der Waals surface area contributed by atoms with Crippen molar-refractivity contribution in [1.82, 2.24) is 0 Å². The molecule has 1 atom stereocenters. The number of rotatable bonds is 3. The van der Waals surface area contributed by atoms with E-state index in [2.05, 4.69) is 5.16 Å².